The van der Waals surface area contributed by atoms with Crippen molar-refractivity contribution in [3.05, 3.63) is 59.8 Å². The number of likely N-dealkylation sites (tertiary alicyclic amines) is 1. The number of hydrogen-bond donors (Lipinski definition) is 2. The van der Waals surface area contributed by atoms with Crippen LogP contribution in [0.5, 0.6) is 5.88 Å². The predicted octanol–water partition coefficient (Wildman–Crippen LogP) is 4.21. The molecule has 2 aromatic rings. The lowest BCUT2D eigenvalue weighted by atomic mass is 10.0. The molecule has 0 amide bonds. The lowest BCUT2D eigenvalue weighted by Gasteiger charge is -2.33. The molecule has 1 saturated heterocycles. The van der Waals surface area contributed by atoms with E-state index in [2.05, 4.69) is 64.7 Å². The largest absolute Gasteiger partial charge is 0.477 e. The topological polar surface area (TPSA) is 61.8 Å². The van der Waals surface area contributed by atoms with Gasteiger partial charge in [0, 0.05) is 44.0 Å². The molecule has 6 nitrogen and oxygen atoms in total. The van der Waals surface area contributed by atoms with Crippen molar-refractivity contribution >= 4 is 29.9 Å². The van der Waals surface area contributed by atoms with E-state index in [1.165, 1.54) is 5.56 Å². The van der Waals surface area contributed by atoms with Crippen molar-refractivity contribution in [2.45, 2.75) is 52.2 Å². The number of halogens is 1. The minimum absolute atomic E-state index is 0. The Hall–Kier alpha value is -1.87. The van der Waals surface area contributed by atoms with Crippen molar-refractivity contribution in [3.8, 4) is 5.88 Å². The number of hydrogen-bond acceptors (Lipinski definition) is 4. The second-order valence-electron chi connectivity index (χ2n) is 7.69. The summed E-state index contributed by atoms with van der Waals surface area (Å²) in [5.41, 5.74) is 2.40. The number of piperidine rings is 1. The van der Waals surface area contributed by atoms with E-state index in [4.69, 9.17) is 9.73 Å². The monoisotopic (exact) mass is 537 g/mol. The van der Waals surface area contributed by atoms with Crippen LogP contribution in [0, 0.1) is 0 Å². The van der Waals surface area contributed by atoms with E-state index in [0.717, 1.165) is 57.0 Å². The number of nitrogens with zero attached hydrogens (tertiary/aromatic N) is 3. The highest BCUT2D eigenvalue weighted by Gasteiger charge is 2.20. The molecule has 1 aliphatic heterocycles. The molecule has 0 unspecified atom stereocenters. The van der Waals surface area contributed by atoms with Crippen LogP contribution in [0.25, 0.3) is 0 Å². The van der Waals surface area contributed by atoms with Crippen LogP contribution >= 0.6 is 24.0 Å². The van der Waals surface area contributed by atoms with Crippen molar-refractivity contribution in [3.63, 3.8) is 0 Å². The average Bonchev–Trinajstić information content (AvgIpc) is 2.79. The summed E-state index contributed by atoms with van der Waals surface area (Å²) < 4.78 is 5.76. The average molecular weight is 537 g/mol. The van der Waals surface area contributed by atoms with Gasteiger partial charge in [0.25, 0.3) is 0 Å². The normalized spacial score (nSPS) is 15.2. The Kier molecular flexibility index (Phi) is 11.7. The van der Waals surface area contributed by atoms with E-state index >= 15 is 0 Å². The molecule has 1 aromatic heterocycles. The predicted molar refractivity (Wildman–Crippen MR) is 138 cm³/mol. The molecular weight excluding hydrogens is 501 g/mol. The zero-order chi connectivity index (χ0) is 21.0. The Morgan fingerprint density at radius 1 is 1.13 bits per heavy atom. The smallest absolute Gasteiger partial charge is 0.218 e. The number of aromatic nitrogens is 1. The Morgan fingerprint density at radius 2 is 1.90 bits per heavy atom. The molecule has 0 saturated carbocycles. The van der Waals surface area contributed by atoms with E-state index < -0.39 is 0 Å². The number of ether oxygens (including phenoxy) is 1. The number of pyridine rings is 1. The second kappa shape index (κ2) is 14.2. The van der Waals surface area contributed by atoms with Crippen LogP contribution in [-0.4, -0.2) is 48.1 Å². The quantitative estimate of drug-likeness (QED) is 0.285. The molecule has 0 radical (unpaired) electrons. The molecule has 2 heterocycles. The molecular formula is C24H36IN5O. The molecule has 2 N–H and O–H groups in total. The SMILES string of the molecule is CCCOc1ncccc1CN=C(NCC)NC1CCN(Cc2ccccc2)CC1.I. The van der Waals surface area contributed by atoms with Gasteiger partial charge in [-0.3, -0.25) is 4.90 Å². The summed E-state index contributed by atoms with van der Waals surface area (Å²) in [5.74, 6) is 1.55. The maximum absolute atomic E-state index is 5.76. The highest BCUT2D eigenvalue weighted by atomic mass is 127. The summed E-state index contributed by atoms with van der Waals surface area (Å²) in [6.07, 6.45) is 4.97. The zero-order valence-corrected chi connectivity index (χ0v) is 21.0. The summed E-state index contributed by atoms with van der Waals surface area (Å²) in [6, 6.07) is 15.1. The van der Waals surface area contributed by atoms with Crippen LogP contribution in [0.15, 0.2) is 53.7 Å². The van der Waals surface area contributed by atoms with Gasteiger partial charge in [0.2, 0.25) is 5.88 Å². The first-order chi connectivity index (χ1) is 14.8. The summed E-state index contributed by atoms with van der Waals surface area (Å²) in [5, 5.41) is 7.00. The molecule has 170 valence electrons. The first-order valence-electron chi connectivity index (χ1n) is 11.2. The van der Waals surface area contributed by atoms with Crippen LogP contribution in [0.4, 0.5) is 0 Å². The van der Waals surface area contributed by atoms with Crippen LogP contribution in [0.1, 0.15) is 44.2 Å². The van der Waals surface area contributed by atoms with E-state index in [1.54, 1.807) is 6.20 Å². The fourth-order valence-electron chi connectivity index (χ4n) is 3.63. The lowest BCUT2D eigenvalue weighted by molar-refractivity contribution is 0.198. The number of benzene rings is 1. The third kappa shape index (κ3) is 8.65. The maximum atomic E-state index is 5.76. The fourth-order valence-corrected chi connectivity index (χ4v) is 3.63. The van der Waals surface area contributed by atoms with Gasteiger partial charge in [-0.1, -0.05) is 43.3 Å². The molecule has 0 aliphatic carbocycles. The molecule has 31 heavy (non-hydrogen) atoms. The third-order valence-electron chi connectivity index (χ3n) is 5.22. The minimum atomic E-state index is 0. The molecule has 7 heteroatoms. The van der Waals surface area contributed by atoms with Gasteiger partial charge in [-0.25, -0.2) is 9.98 Å². The van der Waals surface area contributed by atoms with Crippen molar-refractivity contribution in [1.82, 2.24) is 20.5 Å². The molecule has 0 bridgehead atoms. The van der Waals surface area contributed by atoms with E-state index in [9.17, 15) is 0 Å². The van der Waals surface area contributed by atoms with E-state index in [-0.39, 0.29) is 24.0 Å². The second-order valence-corrected chi connectivity index (χ2v) is 7.69. The van der Waals surface area contributed by atoms with Crippen molar-refractivity contribution in [1.29, 1.82) is 0 Å². The highest BCUT2D eigenvalue weighted by Crippen LogP contribution is 2.16. The van der Waals surface area contributed by atoms with Gasteiger partial charge >= 0.3 is 0 Å². The number of aliphatic imine (C=N–C) groups is 1. The summed E-state index contributed by atoms with van der Waals surface area (Å²) in [4.78, 5) is 11.7. The molecule has 1 aliphatic rings. The molecule has 0 spiro atoms. The van der Waals surface area contributed by atoms with Gasteiger partial charge in [-0.05, 0) is 37.8 Å². The van der Waals surface area contributed by atoms with Crippen LogP contribution in [0.3, 0.4) is 0 Å². The van der Waals surface area contributed by atoms with Crippen molar-refractivity contribution in [2.75, 3.05) is 26.2 Å². The number of nitrogens with one attached hydrogen (secondary N) is 2. The molecule has 3 rings (SSSR count). The molecule has 1 aromatic carbocycles. The number of rotatable bonds is 9. The van der Waals surface area contributed by atoms with Gasteiger partial charge in [0.1, 0.15) is 0 Å². The zero-order valence-electron chi connectivity index (χ0n) is 18.7. The Balaban J connectivity index is 0.00000341. The van der Waals surface area contributed by atoms with Gasteiger partial charge in [-0.15, -0.1) is 24.0 Å². The first-order valence-corrected chi connectivity index (χ1v) is 11.2. The fraction of sp³-hybridized carbons (Fsp3) is 0.500. The van der Waals surface area contributed by atoms with Gasteiger partial charge < -0.3 is 15.4 Å². The van der Waals surface area contributed by atoms with Gasteiger partial charge in [0.05, 0.1) is 13.2 Å². The van der Waals surface area contributed by atoms with Gasteiger partial charge in [0.15, 0.2) is 5.96 Å². The third-order valence-corrected chi connectivity index (χ3v) is 5.22. The Morgan fingerprint density at radius 3 is 2.61 bits per heavy atom. The van der Waals surface area contributed by atoms with Gasteiger partial charge in [-0.2, -0.15) is 0 Å². The minimum Gasteiger partial charge on any atom is -0.477 e. The standard InChI is InChI=1S/C24H35N5O.HI/c1-3-17-30-23-21(11-8-14-26-23)18-27-24(25-4-2)28-22-12-15-29(16-13-22)19-20-9-6-5-7-10-20;/h5-11,14,22H,3-4,12-13,15-19H2,1-2H3,(H2,25,27,28);1H. The van der Waals surface area contributed by atoms with Crippen LogP contribution in [-0.2, 0) is 13.1 Å². The van der Waals surface area contributed by atoms with E-state index in [1.807, 2.05) is 12.1 Å². The maximum Gasteiger partial charge on any atom is 0.218 e. The van der Waals surface area contributed by atoms with E-state index in [0.29, 0.717) is 25.1 Å². The Labute approximate surface area is 203 Å². The van der Waals surface area contributed by atoms with Crippen LogP contribution in [0.2, 0.25) is 0 Å². The molecule has 0 atom stereocenters. The summed E-state index contributed by atoms with van der Waals surface area (Å²) >= 11 is 0. The first kappa shape index (κ1) is 25.4. The molecule has 1 fully saturated rings. The number of guanidine groups is 1. The Bertz CT molecular complexity index is 779. The van der Waals surface area contributed by atoms with Crippen molar-refractivity contribution in [2.24, 2.45) is 4.99 Å². The summed E-state index contributed by atoms with van der Waals surface area (Å²) in [6.45, 7) is 9.49. The highest BCUT2D eigenvalue weighted by molar-refractivity contribution is 14.0. The summed E-state index contributed by atoms with van der Waals surface area (Å²) in [7, 11) is 0. The lowest BCUT2D eigenvalue weighted by Crippen LogP contribution is -2.48. The van der Waals surface area contributed by atoms with Crippen LogP contribution < -0.4 is 15.4 Å². The van der Waals surface area contributed by atoms with Crippen molar-refractivity contribution < 1.29 is 4.74 Å².